The summed E-state index contributed by atoms with van der Waals surface area (Å²) in [5, 5.41) is 5.63. The first kappa shape index (κ1) is 14.2. The molecule has 0 radical (unpaired) electrons. The number of hydrogen-bond donors (Lipinski definition) is 0. The summed E-state index contributed by atoms with van der Waals surface area (Å²) in [5.74, 6) is 3.16. The van der Waals surface area contributed by atoms with Crippen LogP contribution in [0.1, 0.15) is 48.3 Å². The van der Waals surface area contributed by atoms with Gasteiger partial charge in [0.1, 0.15) is 5.82 Å². The summed E-state index contributed by atoms with van der Waals surface area (Å²) in [5.41, 5.74) is 2.14. The molecule has 2 aliphatic rings. The molecule has 2 fully saturated rings. The third kappa shape index (κ3) is 2.44. The van der Waals surface area contributed by atoms with E-state index in [9.17, 15) is 0 Å². The molecule has 2 aromatic rings. The molecule has 1 atom stereocenters. The SMILES string of the molecule is Cc1c(Cl)cccc1-n1nc(C2CC2)nc1C1CCN(C)C1. The molecule has 0 amide bonds. The van der Waals surface area contributed by atoms with E-state index in [1.165, 1.54) is 12.8 Å². The summed E-state index contributed by atoms with van der Waals surface area (Å²) < 4.78 is 2.05. The highest BCUT2D eigenvalue weighted by molar-refractivity contribution is 6.31. The van der Waals surface area contributed by atoms with Crippen LogP contribution in [0, 0.1) is 6.92 Å². The number of likely N-dealkylation sites (tertiary alicyclic amines) is 1. The van der Waals surface area contributed by atoms with E-state index in [-0.39, 0.29) is 0 Å². The lowest BCUT2D eigenvalue weighted by Gasteiger charge is -2.14. The van der Waals surface area contributed by atoms with Crippen LogP contribution in [0.4, 0.5) is 0 Å². The molecule has 0 spiro atoms. The van der Waals surface area contributed by atoms with Gasteiger partial charge in [0.05, 0.1) is 5.69 Å². The topological polar surface area (TPSA) is 34.0 Å². The lowest BCUT2D eigenvalue weighted by atomic mass is 10.1. The van der Waals surface area contributed by atoms with E-state index in [4.69, 9.17) is 21.7 Å². The standard InChI is InChI=1S/C17H21ClN4/c1-11-14(18)4-3-5-15(11)22-17(13-8-9-21(2)10-13)19-16(20-22)12-6-7-12/h3-5,12-13H,6-10H2,1-2H3. The van der Waals surface area contributed by atoms with Crippen molar-refractivity contribution in [2.75, 3.05) is 20.1 Å². The molecule has 1 aliphatic carbocycles. The van der Waals surface area contributed by atoms with Crippen molar-refractivity contribution in [2.45, 2.75) is 38.0 Å². The van der Waals surface area contributed by atoms with Crippen LogP contribution in [-0.4, -0.2) is 39.8 Å². The van der Waals surface area contributed by atoms with Gasteiger partial charge in [0, 0.05) is 23.4 Å². The molecule has 1 unspecified atom stereocenters. The normalized spacial score (nSPS) is 22.4. The summed E-state index contributed by atoms with van der Waals surface area (Å²) in [7, 11) is 2.17. The Labute approximate surface area is 136 Å². The number of halogens is 1. The zero-order valence-electron chi connectivity index (χ0n) is 13.1. The molecule has 2 heterocycles. The Bertz CT molecular complexity index is 705. The van der Waals surface area contributed by atoms with E-state index >= 15 is 0 Å². The van der Waals surface area contributed by atoms with Gasteiger partial charge in [-0.2, -0.15) is 5.10 Å². The highest BCUT2D eigenvalue weighted by atomic mass is 35.5. The lowest BCUT2D eigenvalue weighted by Crippen LogP contribution is -2.16. The van der Waals surface area contributed by atoms with Crippen LogP contribution >= 0.6 is 11.6 Å². The summed E-state index contributed by atoms with van der Waals surface area (Å²) in [4.78, 5) is 7.28. The van der Waals surface area contributed by atoms with Gasteiger partial charge in [0.15, 0.2) is 5.82 Å². The van der Waals surface area contributed by atoms with Crippen molar-refractivity contribution in [3.8, 4) is 5.69 Å². The van der Waals surface area contributed by atoms with Crippen molar-refractivity contribution in [1.82, 2.24) is 19.7 Å². The Hall–Kier alpha value is -1.39. The van der Waals surface area contributed by atoms with Gasteiger partial charge in [-0.25, -0.2) is 9.67 Å². The van der Waals surface area contributed by atoms with Crippen LogP contribution in [0.2, 0.25) is 5.02 Å². The first-order valence-corrected chi connectivity index (χ1v) is 8.42. The summed E-state index contributed by atoms with van der Waals surface area (Å²) >= 11 is 6.31. The zero-order valence-corrected chi connectivity index (χ0v) is 13.8. The van der Waals surface area contributed by atoms with Crippen molar-refractivity contribution in [3.05, 3.63) is 40.4 Å². The van der Waals surface area contributed by atoms with Gasteiger partial charge in [-0.3, -0.25) is 0 Å². The second-order valence-electron chi connectivity index (χ2n) is 6.65. The molecule has 5 heteroatoms. The first-order chi connectivity index (χ1) is 10.6. The van der Waals surface area contributed by atoms with E-state index in [1.54, 1.807) is 0 Å². The van der Waals surface area contributed by atoms with Gasteiger partial charge >= 0.3 is 0 Å². The quantitative estimate of drug-likeness (QED) is 0.868. The van der Waals surface area contributed by atoms with Crippen molar-refractivity contribution in [1.29, 1.82) is 0 Å². The molecule has 116 valence electrons. The van der Waals surface area contributed by atoms with Gasteiger partial charge in [0.25, 0.3) is 0 Å². The number of nitrogens with zero attached hydrogens (tertiary/aromatic N) is 4. The lowest BCUT2D eigenvalue weighted by molar-refractivity contribution is 0.409. The summed E-state index contributed by atoms with van der Waals surface area (Å²) in [6, 6.07) is 6.02. The van der Waals surface area contributed by atoms with E-state index in [2.05, 4.69) is 29.6 Å². The number of aromatic nitrogens is 3. The predicted octanol–water partition coefficient (Wildman–Crippen LogP) is 3.53. The van der Waals surface area contributed by atoms with Crippen LogP contribution in [0.3, 0.4) is 0 Å². The second-order valence-corrected chi connectivity index (χ2v) is 7.05. The average molecular weight is 317 g/mol. The predicted molar refractivity (Wildman–Crippen MR) is 87.9 cm³/mol. The third-order valence-corrected chi connectivity index (χ3v) is 5.22. The Morgan fingerprint density at radius 1 is 1.18 bits per heavy atom. The minimum Gasteiger partial charge on any atom is -0.306 e. The molecule has 22 heavy (non-hydrogen) atoms. The fraction of sp³-hybridized carbons (Fsp3) is 0.529. The minimum atomic E-state index is 0.461. The molecule has 1 aromatic carbocycles. The van der Waals surface area contributed by atoms with Gasteiger partial charge in [-0.05, 0) is 57.5 Å². The van der Waals surface area contributed by atoms with Crippen molar-refractivity contribution >= 4 is 11.6 Å². The Balaban J connectivity index is 1.81. The maximum Gasteiger partial charge on any atom is 0.154 e. The average Bonchev–Trinajstić information content (AvgIpc) is 3.11. The van der Waals surface area contributed by atoms with Crippen molar-refractivity contribution in [3.63, 3.8) is 0 Å². The van der Waals surface area contributed by atoms with Gasteiger partial charge in [-0.1, -0.05) is 17.7 Å². The van der Waals surface area contributed by atoms with Gasteiger partial charge in [0.2, 0.25) is 0 Å². The molecule has 1 aromatic heterocycles. The molecule has 1 saturated heterocycles. The second kappa shape index (κ2) is 5.36. The highest BCUT2D eigenvalue weighted by Gasteiger charge is 2.33. The van der Waals surface area contributed by atoms with Crippen LogP contribution in [0.5, 0.6) is 0 Å². The molecule has 0 bridgehead atoms. The van der Waals surface area contributed by atoms with Crippen LogP contribution in [-0.2, 0) is 0 Å². The Morgan fingerprint density at radius 3 is 2.68 bits per heavy atom. The molecule has 0 N–H and O–H groups in total. The summed E-state index contributed by atoms with van der Waals surface area (Å²) in [6.45, 7) is 4.24. The fourth-order valence-corrected chi connectivity index (χ4v) is 3.44. The molecule has 4 nitrogen and oxygen atoms in total. The largest absolute Gasteiger partial charge is 0.306 e. The maximum atomic E-state index is 6.31. The maximum absolute atomic E-state index is 6.31. The van der Waals surface area contributed by atoms with Gasteiger partial charge < -0.3 is 4.90 Å². The number of rotatable bonds is 3. The molecule has 1 aliphatic heterocycles. The Morgan fingerprint density at radius 2 is 2.00 bits per heavy atom. The molecular formula is C17H21ClN4. The highest BCUT2D eigenvalue weighted by Crippen LogP contribution is 2.40. The van der Waals surface area contributed by atoms with E-state index < -0.39 is 0 Å². The number of hydrogen-bond acceptors (Lipinski definition) is 3. The van der Waals surface area contributed by atoms with Crippen LogP contribution in [0.15, 0.2) is 18.2 Å². The molecular weight excluding hydrogens is 296 g/mol. The third-order valence-electron chi connectivity index (χ3n) is 4.81. The number of likely N-dealkylation sites (N-methyl/N-ethyl adjacent to an activating group) is 1. The van der Waals surface area contributed by atoms with Crippen molar-refractivity contribution in [2.24, 2.45) is 0 Å². The van der Waals surface area contributed by atoms with Crippen molar-refractivity contribution < 1.29 is 0 Å². The smallest absolute Gasteiger partial charge is 0.154 e. The summed E-state index contributed by atoms with van der Waals surface area (Å²) in [6.07, 6.45) is 3.60. The Kier molecular flexibility index (Phi) is 3.46. The zero-order chi connectivity index (χ0) is 15.3. The molecule has 4 rings (SSSR count). The number of benzene rings is 1. The first-order valence-electron chi connectivity index (χ1n) is 8.04. The van der Waals surface area contributed by atoms with Crippen LogP contribution < -0.4 is 0 Å². The monoisotopic (exact) mass is 316 g/mol. The van der Waals surface area contributed by atoms with E-state index in [0.29, 0.717) is 11.8 Å². The van der Waals surface area contributed by atoms with Crippen LogP contribution in [0.25, 0.3) is 5.69 Å². The minimum absolute atomic E-state index is 0.461. The molecule has 1 saturated carbocycles. The van der Waals surface area contributed by atoms with E-state index in [1.807, 2.05) is 12.1 Å². The van der Waals surface area contributed by atoms with Gasteiger partial charge in [-0.15, -0.1) is 0 Å². The van der Waals surface area contributed by atoms with E-state index in [0.717, 1.165) is 47.4 Å². The fourth-order valence-electron chi connectivity index (χ4n) is 3.27.